The van der Waals surface area contributed by atoms with E-state index in [4.69, 9.17) is 0 Å². The number of nitrogens with zero attached hydrogens (tertiary/aromatic N) is 2. The van der Waals surface area contributed by atoms with Crippen LogP contribution in [-0.4, -0.2) is 29.8 Å². The second-order valence-electron chi connectivity index (χ2n) is 4.86. The first-order valence-corrected chi connectivity index (χ1v) is 8.18. The summed E-state index contributed by atoms with van der Waals surface area (Å²) in [5.74, 6) is 0. The molecule has 7 nitrogen and oxygen atoms in total. The molecule has 1 N–H and O–H groups in total. The fourth-order valence-electron chi connectivity index (χ4n) is 2.20. The molecular formula is C14H12ClN3O4S. The molecule has 120 valence electrons. The van der Waals surface area contributed by atoms with Crippen LogP contribution in [0.25, 0.3) is 22.2 Å². The second kappa shape index (κ2) is 5.98. The fourth-order valence-corrected chi connectivity index (χ4v) is 2.83. The van der Waals surface area contributed by atoms with Gasteiger partial charge in [0, 0.05) is 29.3 Å². The normalized spacial score (nSPS) is 11.2. The molecule has 1 heterocycles. The third kappa shape index (κ3) is 3.17. The van der Waals surface area contributed by atoms with Gasteiger partial charge in [-0.05, 0) is 18.2 Å². The molecular weight excluding hydrogens is 342 g/mol. The third-order valence-corrected chi connectivity index (χ3v) is 4.44. The minimum Gasteiger partial charge on any atom is -0.277 e. The topological polar surface area (TPSA) is 106 Å². The highest BCUT2D eigenvalue weighted by molar-refractivity contribution is 7.90. The van der Waals surface area contributed by atoms with E-state index in [0.717, 1.165) is 17.2 Å². The molecule has 23 heavy (non-hydrogen) atoms. The van der Waals surface area contributed by atoms with Crippen LogP contribution < -0.4 is 0 Å². The lowest BCUT2D eigenvalue weighted by atomic mass is 10.1. The Morgan fingerprint density at radius 1 is 1.13 bits per heavy atom. The Balaban J connectivity index is 0.00000192. The quantitative estimate of drug-likeness (QED) is 0.575. The average molecular weight is 354 g/mol. The standard InChI is InChI=1S/C14H11N3O4S.ClH/c1-22(20,21)11-5-2-9(3-6-11)14-12-7-4-10(17(18)19)8-13(12)15-16-14;/h2-8H,1H3,(H,15,16);1H. The van der Waals surface area contributed by atoms with Crippen LogP contribution in [0.2, 0.25) is 0 Å². The molecule has 0 aliphatic carbocycles. The summed E-state index contributed by atoms with van der Waals surface area (Å²) in [4.78, 5) is 10.5. The summed E-state index contributed by atoms with van der Waals surface area (Å²) in [5, 5.41) is 18.4. The third-order valence-electron chi connectivity index (χ3n) is 3.31. The summed E-state index contributed by atoms with van der Waals surface area (Å²) in [5.41, 5.74) is 1.88. The highest BCUT2D eigenvalue weighted by atomic mass is 35.5. The minimum atomic E-state index is -3.25. The van der Waals surface area contributed by atoms with Gasteiger partial charge in [0.05, 0.1) is 21.0 Å². The lowest BCUT2D eigenvalue weighted by molar-refractivity contribution is -0.384. The van der Waals surface area contributed by atoms with Crippen LogP contribution in [0.3, 0.4) is 0 Å². The van der Waals surface area contributed by atoms with Gasteiger partial charge in [0.25, 0.3) is 5.69 Å². The van der Waals surface area contributed by atoms with Crippen LogP contribution in [0.15, 0.2) is 47.4 Å². The number of aromatic amines is 1. The average Bonchev–Trinajstić information content (AvgIpc) is 2.89. The van der Waals surface area contributed by atoms with E-state index in [2.05, 4.69) is 10.2 Å². The molecule has 0 saturated heterocycles. The number of sulfone groups is 1. The highest BCUT2D eigenvalue weighted by Gasteiger charge is 2.13. The molecule has 9 heteroatoms. The molecule has 0 amide bonds. The molecule has 3 rings (SSSR count). The van der Waals surface area contributed by atoms with E-state index in [1.165, 1.54) is 24.3 Å². The van der Waals surface area contributed by atoms with Gasteiger partial charge in [0.1, 0.15) is 0 Å². The number of hydrogen-bond donors (Lipinski definition) is 1. The van der Waals surface area contributed by atoms with Gasteiger partial charge >= 0.3 is 0 Å². The zero-order valence-electron chi connectivity index (χ0n) is 11.9. The first kappa shape index (κ1) is 16.9. The van der Waals surface area contributed by atoms with Gasteiger partial charge in [-0.1, -0.05) is 12.1 Å². The minimum absolute atomic E-state index is 0. The van der Waals surface area contributed by atoms with Crippen molar-refractivity contribution in [3.8, 4) is 11.3 Å². The molecule has 2 aromatic carbocycles. The van der Waals surface area contributed by atoms with Crippen molar-refractivity contribution in [2.45, 2.75) is 4.90 Å². The van der Waals surface area contributed by atoms with E-state index in [-0.39, 0.29) is 23.0 Å². The fraction of sp³-hybridized carbons (Fsp3) is 0.0714. The summed E-state index contributed by atoms with van der Waals surface area (Å²) in [6, 6.07) is 10.8. The van der Waals surface area contributed by atoms with Crippen molar-refractivity contribution in [2.75, 3.05) is 6.26 Å². The van der Waals surface area contributed by atoms with Gasteiger partial charge in [-0.25, -0.2) is 8.42 Å². The largest absolute Gasteiger partial charge is 0.277 e. The Bertz CT molecular complexity index is 981. The van der Waals surface area contributed by atoms with Crippen LogP contribution >= 0.6 is 12.4 Å². The van der Waals surface area contributed by atoms with Gasteiger partial charge in [-0.15, -0.1) is 12.4 Å². The summed E-state index contributed by atoms with van der Waals surface area (Å²) >= 11 is 0. The number of aromatic nitrogens is 2. The Labute approximate surface area is 137 Å². The van der Waals surface area contributed by atoms with Gasteiger partial charge in [0.2, 0.25) is 0 Å². The molecule has 0 unspecified atom stereocenters. The van der Waals surface area contributed by atoms with Gasteiger partial charge < -0.3 is 0 Å². The summed E-state index contributed by atoms with van der Waals surface area (Å²) in [6.07, 6.45) is 1.14. The van der Waals surface area contributed by atoms with E-state index in [9.17, 15) is 18.5 Å². The van der Waals surface area contributed by atoms with Crippen molar-refractivity contribution in [1.82, 2.24) is 10.2 Å². The SMILES string of the molecule is CS(=O)(=O)c1ccc(-c2n[nH]c3cc([N+](=O)[O-])ccc23)cc1.Cl. The molecule has 0 aliphatic rings. The number of rotatable bonds is 3. The molecule has 0 radical (unpaired) electrons. The summed E-state index contributed by atoms with van der Waals surface area (Å²) in [7, 11) is -3.25. The molecule has 0 saturated carbocycles. The highest BCUT2D eigenvalue weighted by Crippen LogP contribution is 2.29. The van der Waals surface area contributed by atoms with Gasteiger partial charge in [-0.2, -0.15) is 5.10 Å². The monoisotopic (exact) mass is 353 g/mol. The van der Waals surface area contributed by atoms with Crippen molar-refractivity contribution in [3.63, 3.8) is 0 Å². The first-order chi connectivity index (χ1) is 10.4. The van der Waals surface area contributed by atoms with E-state index < -0.39 is 14.8 Å². The van der Waals surface area contributed by atoms with Crippen LogP contribution in [0.5, 0.6) is 0 Å². The number of non-ortho nitro benzene ring substituents is 1. The molecule has 0 aliphatic heterocycles. The molecule has 0 bridgehead atoms. The zero-order valence-corrected chi connectivity index (χ0v) is 13.5. The van der Waals surface area contributed by atoms with Crippen LogP contribution in [0, 0.1) is 10.1 Å². The number of nitrogens with one attached hydrogen (secondary N) is 1. The molecule has 0 atom stereocenters. The van der Waals surface area contributed by atoms with Crippen molar-refractivity contribution in [3.05, 3.63) is 52.6 Å². The Morgan fingerprint density at radius 3 is 2.35 bits per heavy atom. The van der Waals surface area contributed by atoms with Crippen molar-refractivity contribution >= 4 is 38.8 Å². The van der Waals surface area contributed by atoms with E-state index in [1.54, 1.807) is 18.2 Å². The van der Waals surface area contributed by atoms with Crippen LogP contribution in [0.1, 0.15) is 0 Å². The maximum absolute atomic E-state index is 11.5. The number of hydrogen-bond acceptors (Lipinski definition) is 5. The number of H-pyrrole nitrogens is 1. The zero-order chi connectivity index (χ0) is 15.9. The van der Waals surface area contributed by atoms with Crippen molar-refractivity contribution < 1.29 is 13.3 Å². The van der Waals surface area contributed by atoms with Crippen LogP contribution in [0.4, 0.5) is 5.69 Å². The molecule has 1 aromatic heterocycles. The predicted octanol–water partition coefficient (Wildman–Crippen LogP) is 2.96. The van der Waals surface area contributed by atoms with Gasteiger partial charge in [-0.3, -0.25) is 15.2 Å². The van der Waals surface area contributed by atoms with E-state index in [0.29, 0.717) is 11.2 Å². The first-order valence-electron chi connectivity index (χ1n) is 6.29. The Hall–Kier alpha value is -2.45. The van der Waals surface area contributed by atoms with E-state index in [1.807, 2.05) is 0 Å². The van der Waals surface area contributed by atoms with Crippen molar-refractivity contribution in [2.24, 2.45) is 0 Å². The lowest BCUT2D eigenvalue weighted by Gasteiger charge is -2.01. The summed E-state index contributed by atoms with van der Waals surface area (Å²) < 4.78 is 22.9. The molecule has 0 fully saturated rings. The Kier molecular flexibility index (Phi) is 4.39. The summed E-state index contributed by atoms with van der Waals surface area (Å²) in [6.45, 7) is 0. The number of halogens is 1. The maximum atomic E-state index is 11.5. The van der Waals surface area contributed by atoms with E-state index >= 15 is 0 Å². The number of fused-ring (bicyclic) bond motifs is 1. The van der Waals surface area contributed by atoms with Crippen molar-refractivity contribution in [1.29, 1.82) is 0 Å². The number of nitro benzene ring substituents is 1. The molecule has 3 aromatic rings. The lowest BCUT2D eigenvalue weighted by Crippen LogP contribution is -1.96. The number of nitro groups is 1. The Morgan fingerprint density at radius 2 is 1.78 bits per heavy atom. The predicted molar refractivity (Wildman–Crippen MR) is 88.5 cm³/mol. The molecule has 0 spiro atoms. The maximum Gasteiger partial charge on any atom is 0.271 e. The smallest absolute Gasteiger partial charge is 0.271 e. The number of benzene rings is 2. The second-order valence-corrected chi connectivity index (χ2v) is 6.87. The van der Waals surface area contributed by atoms with Crippen LogP contribution in [-0.2, 0) is 9.84 Å². The van der Waals surface area contributed by atoms with Gasteiger partial charge in [0.15, 0.2) is 9.84 Å².